The first kappa shape index (κ1) is 10.5. The lowest BCUT2D eigenvalue weighted by molar-refractivity contribution is -0.122. The standard InChI is InChI=1S/C11H16N2OS/c1-7(2)9-3-4-10(15-9)13-5-8(6-13)11(12)14/h3-4,7-8H,5-6H2,1-2H3,(H2,12,14). The van der Waals surface area contributed by atoms with Crippen molar-refractivity contribution < 1.29 is 4.79 Å². The van der Waals surface area contributed by atoms with Crippen molar-refractivity contribution in [2.24, 2.45) is 11.7 Å². The SMILES string of the molecule is CC(C)c1ccc(N2CC(C(N)=O)C2)s1. The maximum Gasteiger partial charge on any atom is 0.224 e. The van der Waals surface area contributed by atoms with E-state index < -0.39 is 0 Å². The molecule has 4 heteroatoms. The number of anilines is 1. The minimum atomic E-state index is -0.174. The second kappa shape index (κ2) is 3.85. The summed E-state index contributed by atoms with van der Waals surface area (Å²) in [5, 5.41) is 1.26. The summed E-state index contributed by atoms with van der Waals surface area (Å²) in [6.07, 6.45) is 0. The van der Waals surface area contributed by atoms with Crippen LogP contribution in [0.5, 0.6) is 0 Å². The van der Waals surface area contributed by atoms with E-state index in [1.54, 1.807) is 0 Å². The Kier molecular flexibility index (Phi) is 2.69. The number of rotatable bonds is 3. The predicted octanol–water partition coefficient (Wildman–Crippen LogP) is 1.79. The van der Waals surface area contributed by atoms with Crippen LogP contribution in [-0.2, 0) is 4.79 Å². The van der Waals surface area contributed by atoms with Crippen molar-refractivity contribution in [1.82, 2.24) is 0 Å². The Bertz CT molecular complexity index is 366. The van der Waals surface area contributed by atoms with Crippen LogP contribution in [0, 0.1) is 5.92 Å². The minimum Gasteiger partial charge on any atom is -0.369 e. The summed E-state index contributed by atoms with van der Waals surface area (Å²) in [5.74, 6) is 0.457. The Morgan fingerprint density at radius 1 is 1.53 bits per heavy atom. The van der Waals surface area contributed by atoms with Crippen molar-refractivity contribution in [3.8, 4) is 0 Å². The van der Waals surface area contributed by atoms with Gasteiger partial charge in [-0.2, -0.15) is 0 Å². The molecule has 15 heavy (non-hydrogen) atoms. The lowest BCUT2D eigenvalue weighted by Crippen LogP contribution is -2.52. The fourth-order valence-electron chi connectivity index (χ4n) is 1.66. The normalized spacial score (nSPS) is 16.9. The number of amides is 1. The topological polar surface area (TPSA) is 46.3 Å². The zero-order chi connectivity index (χ0) is 11.0. The van der Waals surface area contributed by atoms with E-state index in [4.69, 9.17) is 5.73 Å². The van der Waals surface area contributed by atoms with E-state index in [0.29, 0.717) is 5.92 Å². The van der Waals surface area contributed by atoms with Gasteiger partial charge in [-0.3, -0.25) is 4.79 Å². The predicted molar refractivity (Wildman–Crippen MR) is 63.3 cm³/mol. The van der Waals surface area contributed by atoms with Gasteiger partial charge in [0.2, 0.25) is 5.91 Å². The van der Waals surface area contributed by atoms with Crippen molar-refractivity contribution in [1.29, 1.82) is 0 Å². The van der Waals surface area contributed by atoms with Crippen LogP contribution >= 0.6 is 11.3 Å². The van der Waals surface area contributed by atoms with Crippen LogP contribution in [0.4, 0.5) is 5.00 Å². The molecule has 0 spiro atoms. The van der Waals surface area contributed by atoms with E-state index in [2.05, 4.69) is 30.9 Å². The highest BCUT2D eigenvalue weighted by atomic mass is 32.1. The summed E-state index contributed by atoms with van der Waals surface area (Å²) in [7, 11) is 0. The van der Waals surface area contributed by atoms with Gasteiger partial charge < -0.3 is 10.6 Å². The summed E-state index contributed by atoms with van der Waals surface area (Å²) in [5.41, 5.74) is 5.23. The summed E-state index contributed by atoms with van der Waals surface area (Å²) in [4.78, 5) is 14.5. The highest BCUT2D eigenvalue weighted by Gasteiger charge is 2.31. The van der Waals surface area contributed by atoms with Gasteiger partial charge in [-0.25, -0.2) is 0 Å². The van der Waals surface area contributed by atoms with E-state index in [1.807, 2.05) is 11.3 Å². The largest absolute Gasteiger partial charge is 0.369 e. The van der Waals surface area contributed by atoms with E-state index in [1.165, 1.54) is 9.88 Å². The second-order valence-electron chi connectivity index (χ2n) is 4.33. The van der Waals surface area contributed by atoms with Crippen LogP contribution in [0.25, 0.3) is 0 Å². The second-order valence-corrected chi connectivity index (χ2v) is 5.43. The number of primary amides is 1. The van der Waals surface area contributed by atoms with Crippen LogP contribution in [-0.4, -0.2) is 19.0 Å². The average Bonchev–Trinajstić information content (AvgIpc) is 2.49. The lowest BCUT2D eigenvalue weighted by atomic mass is 10.0. The molecule has 0 aliphatic carbocycles. The molecule has 1 aromatic rings. The number of hydrogen-bond donors (Lipinski definition) is 1. The molecule has 1 aliphatic rings. The van der Waals surface area contributed by atoms with E-state index in [9.17, 15) is 4.79 Å². The molecule has 0 unspecified atom stereocenters. The first-order chi connectivity index (χ1) is 7.08. The Morgan fingerprint density at radius 2 is 2.20 bits per heavy atom. The number of nitrogens with zero attached hydrogens (tertiary/aromatic N) is 1. The van der Waals surface area contributed by atoms with Gasteiger partial charge in [0.05, 0.1) is 10.9 Å². The molecule has 1 amide bonds. The Morgan fingerprint density at radius 3 is 2.67 bits per heavy atom. The number of thiophene rings is 1. The third kappa shape index (κ3) is 2.00. The maximum absolute atomic E-state index is 10.9. The monoisotopic (exact) mass is 224 g/mol. The number of nitrogens with two attached hydrogens (primary N) is 1. The van der Waals surface area contributed by atoms with Crippen molar-refractivity contribution in [3.63, 3.8) is 0 Å². The molecule has 0 saturated carbocycles. The molecule has 0 bridgehead atoms. The van der Waals surface area contributed by atoms with Gasteiger partial charge >= 0.3 is 0 Å². The van der Waals surface area contributed by atoms with Gasteiger partial charge in [0.15, 0.2) is 0 Å². The zero-order valence-electron chi connectivity index (χ0n) is 9.06. The first-order valence-corrected chi connectivity index (χ1v) is 6.03. The van der Waals surface area contributed by atoms with Crippen molar-refractivity contribution in [3.05, 3.63) is 17.0 Å². The fourth-order valence-corrected chi connectivity index (χ4v) is 2.69. The molecule has 1 aromatic heterocycles. The van der Waals surface area contributed by atoms with Crippen LogP contribution in [0.3, 0.4) is 0 Å². The molecule has 2 N–H and O–H groups in total. The summed E-state index contributed by atoms with van der Waals surface area (Å²) in [6.45, 7) is 5.95. The Balaban J connectivity index is 1.98. The van der Waals surface area contributed by atoms with Gasteiger partial charge in [-0.15, -0.1) is 11.3 Å². The molecule has 3 nitrogen and oxygen atoms in total. The zero-order valence-corrected chi connectivity index (χ0v) is 9.88. The minimum absolute atomic E-state index is 0.0506. The van der Waals surface area contributed by atoms with Crippen LogP contribution in [0.2, 0.25) is 0 Å². The van der Waals surface area contributed by atoms with Crippen molar-refractivity contribution in [2.75, 3.05) is 18.0 Å². The molecule has 1 fully saturated rings. The van der Waals surface area contributed by atoms with Gasteiger partial charge in [-0.05, 0) is 18.1 Å². The Hall–Kier alpha value is -1.03. The maximum atomic E-state index is 10.9. The number of carbonyl (C=O) groups is 1. The summed E-state index contributed by atoms with van der Waals surface area (Å²) < 4.78 is 0. The van der Waals surface area contributed by atoms with E-state index in [0.717, 1.165) is 13.1 Å². The van der Waals surface area contributed by atoms with Crippen LogP contribution in [0.15, 0.2) is 12.1 Å². The smallest absolute Gasteiger partial charge is 0.224 e. The fraction of sp³-hybridized carbons (Fsp3) is 0.545. The quantitative estimate of drug-likeness (QED) is 0.851. The molecule has 1 aliphatic heterocycles. The third-order valence-corrected chi connectivity index (χ3v) is 4.22. The molecule has 82 valence electrons. The molecular formula is C11H16N2OS. The summed E-state index contributed by atoms with van der Waals surface area (Å²) in [6, 6.07) is 4.31. The number of hydrogen-bond acceptors (Lipinski definition) is 3. The lowest BCUT2D eigenvalue weighted by Gasteiger charge is -2.38. The molecule has 2 rings (SSSR count). The molecule has 1 saturated heterocycles. The Labute approximate surface area is 93.9 Å². The van der Waals surface area contributed by atoms with Crippen LogP contribution < -0.4 is 10.6 Å². The average molecular weight is 224 g/mol. The first-order valence-electron chi connectivity index (χ1n) is 5.22. The highest BCUT2D eigenvalue weighted by Crippen LogP contribution is 2.34. The van der Waals surface area contributed by atoms with Gasteiger partial charge in [0.25, 0.3) is 0 Å². The molecule has 0 atom stereocenters. The summed E-state index contributed by atoms with van der Waals surface area (Å²) >= 11 is 1.81. The van der Waals surface area contributed by atoms with E-state index >= 15 is 0 Å². The van der Waals surface area contributed by atoms with Gasteiger partial charge in [0.1, 0.15) is 0 Å². The highest BCUT2D eigenvalue weighted by molar-refractivity contribution is 7.16. The van der Waals surface area contributed by atoms with Crippen molar-refractivity contribution in [2.45, 2.75) is 19.8 Å². The molecule has 2 heterocycles. The van der Waals surface area contributed by atoms with Crippen LogP contribution in [0.1, 0.15) is 24.6 Å². The van der Waals surface area contributed by atoms with Gasteiger partial charge in [-0.1, -0.05) is 13.8 Å². The molecular weight excluding hydrogens is 208 g/mol. The third-order valence-electron chi connectivity index (χ3n) is 2.78. The van der Waals surface area contributed by atoms with E-state index in [-0.39, 0.29) is 11.8 Å². The number of carbonyl (C=O) groups excluding carboxylic acids is 1. The molecule has 0 aromatic carbocycles. The van der Waals surface area contributed by atoms with Crippen molar-refractivity contribution >= 4 is 22.2 Å². The van der Waals surface area contributed by atoms with Gasteiger partial charge in [0, 0.05) is 18.0 Å². The molecule has 0 radical (unpaired) electrons.